The average Bonchev–Trinajstić information content (AvgIpc) is 3.14. The first-order valence-electron chi connectivity index (χ1n) is 8.10. The van der Waals surface area contributed by atoms with Crippen molar-refractivity contribution < 1.29 is 19.2 Å². The molecule has 5 nitrogen and oxygen atoms in total. The SMILES string of the molecule is CCOC(=O)c1c(C)[nH]c(C(=O)[C@@H](C)[NH+](C)Cc2ccsc2)c1C. The third kappa shape index (κ3) is 3.76. The lowest BCUT2D eigenvalue weighted by Crippen LogP contribution is -3.12. The maximum absolute atomic E-state index is 12.9. The topological polar surface area (TPSA) is 63.6 Å². The number of likely N-dealkylation sites (N-methyl/N-ethyl adjacent to an activating group) is 1. The highest BCUT2D eigenvalue weighted by Gasteiger charge is 2.29. The van der Waals surface area contributed by atoms with Gasteiger partial charge in [-0.2, -0.15) is 11.3 Å². The lowest BCUT2D eigenvalue weighted by atomic mass is 10.0. The number of H-pyrrole nitrogens is 1. The van der Waals surface area contributed by atoms with Crippen LogP contribution >= 0.6 is 11.3 Å². The molecule has 0 amide bonds. The molecule has 0 bridgehead atoms. The number of Topliss-reactive ketones (excluding diaryl/α,β-unsaturated/α-hetero) is 1. The summed E-state index contributed by atoms with van der Waals surface area (Å²) in [5.74, 6) is -0.367. The Balaban J connectivity index is 2.20. The van der Waals surface area contributed by atoms with E-state index in [1.54, 1.807) is 32.1 Å². The van der Waals surface area contributed by atoms with Crippen LogP contribution in [0.4, 0.5) is 0 Å². The van der Waals surface area contributed by atoms with Crippen LogP contribution in [0.25, 0.3) is 0 Å². The third-order valence-corrected chi connectivity index (χ3v) is 5.09. The summed E-state index contributed by atoms with van der Waals surface area (Å²) in [4.78, 5) is 29.2. The lowest BCUT2D eigenvalue weighted by Gasteiger charge is -2.20. The molecule has 2 heterocycles. The molecule has 24 heavy (non-hydrogen) atoms. The number of ether oxygens (including phenoxy) is 1. The molecule has 2 atom stereocenters. The van der Waals surface area contributed by atoms with E-state index in [1.165, 1.54) is 5.56 Å². The third-order valence-electron chi connectivity index (χ3n) is 4.36. The van der Waals surface area contributed by atoms with Crippen LogP contribution in [0.5, 0.6) is 0 Å². The van der Waals surface area contributed by atoms with Crippen LogP contribution in [0.15, 0.2) is 16.8 Å². The molecule has 0 saturated carbocycles. The normalized spacial score (nSPS) is 13.5. The van der Waals surface area contributed by atoms with Crippen LogP contribution in [0, 0.1) is 13.8 Å². The zero-order valence-corrected chi connectivity index (χ0v) is 15.7. The van der Waals surface area contributed by atoms with Crippen LogP contribution in [0.1, 0.15) is 51.5 Å². The van der Waals surface area contributed by atoms with Crippen LogP contribution in [0.2, 0.25) is 0 Å². The molecule has 2 aromatic rings. The van der Waals surface area contributed by atoms with Gasteiger partial charge in [-0.05, 0) is 50.1 Å². The van der Waals surface area contributed by atoms with E-state index in [9.17, 15) is 9.59 Å². The first-order valence-corrected chi connectivity index (χ1v) is 9.04. The Kier molecular flexibility index (Phi) is 5.96. The molecular weight excluding hydrogens is 324 g/mol. The summed E-state index contributed by atoms with van der Waals surface area (Å²) in [5, 5.41) is 4.14. The van der Waals surface area contributed by atoms with Gasteiger partial charge in [-0.3, -0.25) is 4.79 Å². The minimum absolute atomic E-state index is 0.0129. The number of nitrogens with one attached hydrogen (secondary N) is 2. The summed E-state index contributed by atoms with van der Waals surface area (Å²) < 4.78 is 5.09. The molecule has 0 aromatic carbocycles. The molecule has 2 aromatic heterocycles. The Labute approximate surface area is 146 Å². The number of esters is 1. The van der Waals surface area contributed by atoms with Gasteiger partial charge in [-0.1, -0.05) is 0 Å². The second kappa shape index (κ2) is 7.77. The van der Waals surface area contributed by atoms with Crippen LogP contribution in [-0.4, -0.2) is 36.4 Å². The molecule has 130 valence electrons. The number of quaternary nitrogens is 1. The molecule has 0 aliphatic carbocycles. The Hall–Kier alpha value is -1.92. The number of hydrogen-bond donors (Lipinski definition) is 2. The molecule has 2 rings (SSSR count). The monoisotopic (exact) mass is 349 g/mol. The van der Waals surface area contributed by atoms with Crippen molar-refractivity contribution in [1.29, 1.82) is 0 Å². The van der Waals surface area contributed by atoms with Gasteiger partial charge in [0.2, 0.25) is 5.78 Å². The number of ketones is 1. The van der Waals surface area contributed by atoms with Crippen molar-refractivity contribution in [2.24, 2.45) is 0 Å². The Morgan fingerprint density at radius 3 is 2.67 bits per heavy atom. The van der Waals surface area contributed by atoms with Crippen molar-refractivity contribution in [3.05, 3.63) is 44.9 Å². The zero-order valence-electron chi connectivity index (χ0n) is 14.9. The molecular formula is C18H25N2O3S+. The number of rotatable bonds is 7. The molecule has 1 unspecified atom stereocenters. The second-order valence-corrected chi connectivity index (χ2v) is 6.87. The van der Waals surface area contributed by atoms with Gasteiger partial charge in [-0.25, -0.2) is 4.79 Å². The maximum Gasteiger partial charge on any atom is 0.340 e. The molecule has 0 spiro atoms. The van der Waals surface area contributed by atoms with Crippen molar-refractivity contribution in [3.8, 4) is 0 Å². The summed E-state index contributed by atoms with van der Waals surface area (Å²) in [6.45, 7) is 8.39. The number of aromatic nitrogens is 1. The highest BCUT2D eigenvalue weighted by atomic mass is 32.1. The van der Waals surface area contributed by atoms with Gasteiger partial charge in [0, 0.05) is 11.3 Å². The Morgan fingerprint density at radius 1 is 1.38 bits per heavy atom. The Bertz CT molecular complexity index is 719. The summed E-state index contributed by atoms with van der Waals surface area (Å²) in [6, 6.07) is 1.87. The quantitative estimate of drug-likeness (QED) is 0.595. The van der Waals surface area contributed by atoms with E-state index in [4.69, 9.17) is 4.74 Å². The Morgan fingerprint density at radius 2 is 2.08 bits per heavy atom. The molecule has 6 heteroatoms. The number of carbonyl (C=O) groups is 2. The minimum Gasteiger partial charge on any atom is -0.462 e. The molecule has 0 radical (unpaired) electrons. The van der Waals surface area contributed by atoms with Gasteiger partial charge in [0.1, 0.15) is 6.54 Å². The summed E-state index contributed by atoms with van der Waals surface area (Å²) in [7, 11) is 2.01. The fourth-order valence-electron chi connectivity index (χ4n) is 2.81. The number of thiophene rings is 1. The van der Waals surface area contributed by atoms with Gasteiger partial charge in [0.05, 0.1) is 24.9 Å². The largest absolute Gasteiger partial charge is 0.462 e. The first-order chi connectivity index (χ1) is 11.4. The standard InChI is InChI=1S/C18H24N2O3S/c1-6-23-18(22)15-11(2)16(19-12(15)3)17(21)13(4)20(5)9-14-7-8-24-10-14/h7-8,10,13,19H,6,9H2,1-5H3/p+1/t13-/m1/s1. The fourth-order valence-corrected chi connectivity index (χ4v) is 3.48. The van der Waals surface area contributed by atoms with Crippen molar-refractivity contribution in [3.63, 3.8) is 0 Å². The van der Waals surface area contributed by atoms with E-state index >= 15 is 0 Å². The van der Waals surface area contributed by atoms with E-state index in [-0.39, 0.29) is 17.8 Å². The fraction of sp³-hybridized carbons (Fsp3) is 0.444. The number of aryl methyl sites for hydroxylation is 1. The van der Waals surface area contributed by atoms with Gasteiger partial charge in [0.25, 0.3) is 0 Å². The van der Waals surface area contributed by atoms with E-state index in [1.807, 2.05) is 19.4 Å². The molecule has 0 saturated heterocycles. The first kappa shape index (κ1) is 18.4. The van der Waals surface area contributed by atoms with E-state index in [2.05, 4.69) is 16.4 Å². The molecule has 0 fully saturated rings. The smallest absolute Gasteiger partial charge is 0.340 e. The molecule has 0 aliphatic rings. The van der Waals surface area contributed by atoms with Gasteiger partial charge < -0.3 is 14.6 Å². The summed E-state index contributed by atoms with van der Waals surface area (Å²) in [5.41, 5.74) is 3.56. The van der Waals surface area contributed by atoms with Crippen molar-refractivity contribution in [2.75, 3.05) is 13.7 Å². The predicted molar refractivity (Wildman–Crippen MR) is 94.9 cm³/mol. The van der Waals surface area contributed by atoms with E-state index < -0.39 is 0 Å². The van der Waals surface area contributed by atoms with Crippen molar-refractivity contribution in [1.82, 2.24) is 4.98 Å². The van der Waals surface area contributed by atoms with Gasteiger partial charge in [0.15, 0.2) is 6.04 Å². The second-order valence-electron chi connectivity index (χ2n) is 6.09. The summed E-state index contributed by atoms with van der Waals surface area (Å²) in [6.07, 6.45) is 0. The molecule has 2 N–H and O–H groups in total. The highest BCUT2D eigenvalue weighted by Crippen LogP contribution is 2.20. The predicted octanol–water partition coefficient (Wildman–Crippen LogP) is 2.16. The number of carbonyl (C=O) groups excluding carboxylic acids is 2. The average molecular weight is 349 g/mol. The molecule has 0 aliphatic heterocycles. The van der Waals surface area contributed by atoms with Gasteiger partial charge in [-0.15, -0.1) is 0 Å². The highest BCUT2D eigenvalue weighted by molar-refractivity contribution is 7.07. The van der Waals surface area contributed by atoms with Gasteiger partial charge >= 0.3 is 5.97 Å². The van der Waals surface area contributed by atoms with Crippen LogP contribution in [-0.2, 0) is 11.3 Å². The lowest BCUT2D eigenvalue weighted by molar-refractivity contribution is -0.907. The van der Waals surface area contributed by atoms with Crippen LogP contribution in [0.3, 0.4) is 0 Å². The van der Waals surface area contributed by atoms with E-state index in [0.717, 1.165) is 11.4 Å². The van der Waals surface area contributed by atoms with Crippen molar-refractivity contribution in [2.45, 2.75) is 40.3 Å². The van der Waals surface area contributed by atoms with Crippen molar-refractivity contribution >= 4 is 23.1 Å². The van der Waals surface area contributed by atoms with Crippen LogP contribution < -0.4 is 4.90 Å². The van der Waals surface area contributed by atoms with E-state index in [0.29, 0.717) is 29.1 Å². The maximum atomic E-state index is 12.9. The zero-order chi connectivity index (χ0) is 17.9. The minimum atomic E-state index is -0.380. The number of aromatic amines is 1. The summed E-state index contributed by atoms with van der Waals surface area (Å²) >= 11 is 1.66. The number of hydrogen-bond acceptors (Lipinski definition) is 4.